The molecule has 24 heavy (non-hydrogen) atoms. The number of rotatable bonds is 3. The molecule has 1 saturated heterocycles. The lowest BCUT2D eigenvalue weighted by atomic mass is 9.74. The summed E-state index contributed by atoms with van der Waals surface area (Å²) in [6.07, 6.45) is 0.321. The van der Waals surface area contributed by atoms with Crippen molar-refractivity contribution in [3.05, 3.63) is 45.9 Å². The van der Waals surface area contributed by atoms with Crippen LogP contribution in [0.4, 0.5) is 0 Å². The van der Waals surface area contributed by atoms with Gasteiger partial charge in [0.1, 0.15) is 5.75 Å². The van der Waals surface area contributed by atoms with Crippen molar-refractivity contribution in [3.8, 4) is 5.75 Å². The van der Waals surface area contributed by atoms with Gasteiger partial charge in [0.2, 0.25) is 5.91 Å². The molecule has 1 aromatic heterocycles. The number of likely N-dealkylation sites (tertiary alicyclic amines) is 1. The maximum absolute atomic E-state index is 12.7. The molecule has 2 aromatic rings. The van der Waals surface area contributed by atoms with Gasteiger partial charge in [-0.15, -0.1) is 11.3 Å². The predicted molar refractivity (Wildman–Crippen MR) is 91.3 cm³/mol. The molecule has 1 amide bonds. The number of carbonyl (C=O) groups excluding carboxylic acids is 1. The van der Waals surface area contributed by atoms with Crippen LogP contribution in [0.15, 0.2) is 29.6 Å². The van der Waals surface area contributed by atoms with Gasteiger partial charge in [-0.1, -0.05) is 18.2 Å². The SMILES string of the molecule is Cc1nc(CC(=O)N2C[C@@H]3c4ccccc4OC[C@]3(CO)C2)cs1. The third-order valence-corrected chi connectivity index (χ3v) is 5.95. The van der Waals surface area contributed by atoms with Crippen molar-refractivity contribution in [2.24, 2.45) is 5.41 Å². The number of para-hydroxylation sites is 1. The minimum atomic E-state index is -0.401. The number of thiazole rings is 1. The van der Waals surface area contributed by atoms with E-state index in [1.54, 1.807) is 11.3 Å². The molecule has 1 N–H and O–H groups in total. The number of aliphatic hydroxyl groups is 1. The van der Waals surface area contributed by atoms with Gasteiger partial charge in [0, 0.05) is 24.4 Å². The molecule has 2 atom stereocenters. The molecule has 3 heterocycles. The van der Waals surface area contributed by atoms with Crippen LogP contribution in [0.5, 0.6) is 5.75 Å². The van der Waals surface area contributed by atoms with E-state index in [4.69, 9.17) is 4.74 Å². The Labute approximate surface area is 144 Å². The third kappa shape index (κ3) is 2.50. The number of hydrogen-bond acceptors (Lipinski definition) is 5. The Bertz CT molecular complexity index is 775. The number of amides is 1. The number of hydrogen-bond donors (Lipinski definition) is 1. The molecule has 5 nitrogen and oxygen atoms in total. The number of carbonyl (C=O) groups is 1. The van der Waals surface area contributed by atoms with Crippen molar-refractivity contribution < 1.29 is 14.6 Å². The Morgan fingerprint density at radius 3 is 3.08 bits per heavy atom. The molecule has 4 rings (SSSR count). The molecular formula is C18H20N2O3S. The summed E-state index contributed by atoms with van der Waals surface area (Å²) in [4.78, 5) is 19.0. The Kier molecular flexibility index (Phi) is 3.81. The summed E-state index contributed by atoms with van der Waals surface area (Å²) in [5.41, 5.74) is 1.52. The van der Waals surface area contributed by atoms with Crippen LogP contribution in [0.1, 0.15) is 22.2 Å². The van der Waals surface area contributed by atoms with E-state index in [2.05, 4.69) is 4.98 Å². The van der Waals surface area contributed by atoms with E-state index in [1.807, 2.05) is 41.5 Å². The Morgan fingerprint density at radius 2 is 2.33 bits per heavy atom. The minimum absolute atomic E-state index is 0.0194. The highest BCUT2D eigenvalue weighted by molar-refractivity contribution is 7.09. The van der Waals surface area contributed by atoms with Crippen LogP contribution in [-0.2, 0) is 11.2 Å². The maximum Gasteiger partial charge on any atom is 0.228 e. The zero-order chi connectivity index (χ0) is 16.7. The lowest BCUT2D eigenvalue weighted by Gasteiger charge is -2.37. The predicted octanol–water partition coefficient (Wildman–Crippen LogP) is 1.99. The van der Waals surface area contributed by atoms with Crippen LogP contribution >= 0.6 is 11.3 Å². The van der Waals surface area contributed by atoms with E-state index in [-0.39, 0.29) is 18.4 Å². The van der Waals surface area contributed by atoms with Gasteiger partial charge in [0.05, 0.1) is 35.8 Å². The van der Waals surface area contributed by atoms with Crippen LogP contribution in [-0.4, -0.2) is 47.2 Å². The fraction of sp³-hybridized carbons (Fsp3) is 0.444. The summed E-state index contributed by atoms with van der Waals surface area (Å²) < 4.78 is 5.87. The van der Waals surface area contributed by atoms with Crippen molar-refractivity contribution in [1.29, 1.82) is 0 Å². The molecular weight excluding hydrogens is 324 g/mol. The topological polar surface area (TPSA) is 62.7 Å². The van der Waals surface area contributed by atoms with E-state index in [1.165, 1.54) is 0 Å². The van der Waals surface area contributed by atoms with Gasteiger partial charge in [-0.25, -0.2) is 4.98 Å². The lowest BCUT2D eigenvalue weighted by Crippen LogP contribution is -2.42. The second-order valence-corrected chi connectivity index (χ2v) is 7.77. The van der Waals surface area contributed by atoms with Gasteiger partial charge in [0.25, 0.3) is 0 Å². The average Bonchev–Trinajstić information content (AvgIpc) is 3.19. The largest absolute Gasteiger partial charge is 0.493 e. The van der Waals surface area contributed by atoms with Crippen molar-refractivity contribution in [2.75, 3.05) is 26.3 Å². The molecule has 0 spiro atoms. The second kappa shape index (κ2) is 5.86. The van der Waals surface area contributed by atoms with Gasteiger partial charge in [-0.05, 0) is 18.6 Å². The number of nitrogens with zero attached hydrogens (tertiary/aromatic N) is 2. The van der Waals surface area contributed by atoms with Crippen molar-refractivity contribution in [1.82, 2.24) is 9.88 Å². The first-order valence-corrected chi connectivity index (χ1v) is 9.01. The molecule has 0 aliphatic carbocycles. The molecule has 6 heteroatoms. The number of aliphatic hydroxyl groups excluding tert-OH is 1. The maximum atomic E-state index is 12.7. The number of aryl methyl sites for hydroxylation is 1. The van der Waals surface area contributed by atoms with Crippen LogP contribution in [0.25, 0.3) is 0 Å². The van der Waals surface area contributed by atoms with Gasteiger partial charge >= 0.3 is 0 Å². The van der Waals surface area contributed by atoms with Crippen LogP contribution in [0.3, 0.4) is 0 Å². The fourth-order valence-electron chi connectivity index (χ4n) is 3.82. The average molecular weight is 344 g/mol. The van der Waals surface area contributed by atoms with Gasteiger partial charge < -0.3 is 14.7 Å². The van der Waals surface area contributed by atoms with E-state index < -0.39 is 5.41 Å². The van der Waals surface area contributed by atoms with Gasteiger partial charge in [-0.2, -0.15) is 0 Å². The van der Waals surface area contributed by atoms with Gasteiger partial charge in [-0.3, -0.25) is 4.79 Å². The molecule has 0 radical (unpaired) electrons. The van der Waals surface area contributed by atoms with Crippen LogP contribution in [0.2, 0.25) is 0 Å². The molecule has 126 valence electrons. The summed E-state index contributed by atoms with van der Waals surface area (Å²) in [5, 5.41) is 13.0. The normalized spacial score (nSPS) is 25.1. The number of benzene rings is 1. The summed E-state index contributed by atoms with van der Waals surface area (Å²) in [7, 11) is 0. The third-order valence-electron chi connectivity index (χ3n) is 5.12. The summed E-state index contributed by atoms with van der Waals surface area (Å²) in [5.74, 6) is 1.06. The summed E-state index contributed by atoms with van der Waals surface area (Å²) >= 11 is 1.56. The smallest absolute Gasteiger partial charge is 0.228 e. The standard InChI is InChI=1S/C18H20N2O3S/c1-12-19-13(8-24-12)6-17(22)20-7-15-14-4-2-3-5-16(14)23-11-18(15,9-20)10-21/h2-5,8,15,21H,6-7,9-11H2,1H3/t15-,18-/m1/s1. The highest BCUT2D eigenvalue weighted by atomic mass is 32.1. The first kappa shape index (κ1) is 15.6. The second-order valence-electron chi connectivity index (χ2n) is 6.71. The molecule has 2 aliphatic heterocycles. The van der Waals surface area contributed by atoms with Gasteiger partial charge in [0.15, 0.2) is 0 Å². The highest BCUT2D eigenvalue weighted by Gasteiger charge is 2.51. The quantitative estimate of drug-likeness (QED) is 0.925. The number of ether oxygens (including phenoxy) is 1. The van der Waals surface area contributed by atoms with E-state index >= 15 is 0 Å². The molecule has 0 bridgehead atoms. The van der Waals surface area contributed by atoms with Crippen molar-refractivity contribution >= 4 is 17.2 Å². The molecule has 1 aromatic carbocycles. The Balaban J connectivity index is 1.57. The Morgan fingerprint density at radius 1 is 1.50 bits per heavy atom. The monoisotopic (exact) mass is 344 g/mol. The van der Waals surface area contributed by atoms with E-state index in [0.29, 0.717) is 26.1 Å². The zero-order valence-corrected chi connectivity index (χ0v) is 14.4. The van der Waals surface area contributed by atoms with Crippen LogP contribution in [0, 0.1) is 12.3 Å². The summed E-state index contributed by atoms with van der Waals surface area (Å²) in [6.45, 7) is 3.57. The highest BCUT2D eigenvalue weighted by Crippen LogP contribution is 2.49. The molecule has 1 fully saturated rings. The van der Waals surface area contributed by atoms with Crippen molar-refractivity contribution in [3.63, 3.8) is 0 Å². The van der Waals surface area contributed by atoms with E-state index in [0.717, 1.165) is 22.0 Å². The van der Waals surface area contributed by atoms with E-state index in [9.17, 15) is 9.90 Å². The number of fused-ring (bicyclic) bond motifs is 3. The van der Waals surface area contributed by atoms with Crippen LogP contribution < -0.4 is 4.74 Å². The minimum Gasteiger partial charge on any atom is -0.493 e. The first-order chi connectivity index (χ1) is 11.6. The zero-order valence-electron chi connectivity index (χ0n) is 13.6. The summed E-state index contributed by atoms with van der Waals surface area (Å²) in [6, 6.07) is 7.94. The molecule has 0 unspecified atom stereocenters. The molecule has 2 aliphatic rings. The Hall–Kier alpha value is -1.92. The number of aromatic nitrogens is 1. The fourth-order valence-corrected chi connectivity index (χ4v) is 4.43. The molecule has 0 saturated carbocycles. The first-order valence-electron chi connectivity index (χ1n) is 8.13. The lowest BCUT2D eigenvalue weighted by molar-refractivity contribution is -0.130. The van der Waals surface area contributed by atoms with Crippen molar-refractivity contribution in [2.45, 2.75) is 19.3 Å².